The lowest BCUT2D eigenvalue weighted by molar-refractivity contribution is -0.137. The van der Waals surface area contributed by atoms with Crippen LogP contribution in [0.1, 0.15) is 18.7 Å². The Morgan fingerprint density at radius 3 is 2.57 bits per heavy atom. The molecule has 0 saturated heterocycles. The van der Waals surface area contributed by atoms with Crippen LogP contribution < -0.4 is 4.90 Å². The van der Waals surface area contributed by atoms with E-state index in [9.17, 15) is 4.79 Å². The van der Waals surface area contributed by atoms with Gasteiger partial charge in [-0.05, 0) is 24.6 Å². The molecule has 1 heterocycles. The van der Waals surface area contributed by atoms with Crippen molar-refractivity contribution in [2.45, 2.75) is 19.3 Å². The smallest absolute Gasteiger partial charge is 0.303 e. The average molecular weight is 381 g/mol. The number of hydrogen-bond donors (Lipinski definition) is 2. The molecule has 5 nitrogen and oxygen atoms in total. The van der Waals surface area contributed by atoms with E-state index < -0.39 is 5.97 Å². The second-order valence-electron chi connectivity index (χ2n) is 5.00. The lowest BCUT2D eigenvalue weighted by Gasteiger charge is -2.22. The molecule has 0 aliphatic carbocycles. The number of H-pyrrole nitrogens is 1. The number of nitrogens with one attached hydrogen (secondary N) is 1. The summed E-state index contributed by atoms with van der Waals surface area (Å²) in [7, 11) is 0. The predicted octanol–water partition coefficient (Wildman–Crippen LogP) is 3.68. The van der Waals surface area contributed by atoms with Gasteiger partial charge in [-0.15, -0.1) is 35.6 Å². The Balaban J connectivity index is 0.00000264. The SMILES string of the molecule is Cl.O=C(O)CCCc1nc2ccc(N(CCCl)CCCl)cc2[nH]1. The van der Waals surface area contributed by atoms with Gasteiger partial charge >= 0.3 is 5.97 Å². The largest absolute Gasteiger partial charge is 0.481 e. The van der Waals surface area contributed by atoms with Gasteiger partial charge in [0.2, 0.25) is 0 Å². The van der Waals surface area contributed by atoms with E-state index in [0.29, 0.717) is 24.6 Å². The maximum atomic E-state index is 10.5. The Labute approximate surface area is 151 Å². The number of fused-ring (bicyclic) bond motifs is 1. The van der Waals surface area contributed by atoms with Crippen LogP contribution in [0.25, 0.3) is 11.0 Å². The fraction of sp³-hybridized carbons (Fsp3) is 0.467. The van der Waals surface area contributed by atoms with Crippen LogP contribution in [0, 0.1) is 0 Å². The van der Waals surface area contributed by atoms with E-state index in [1.165, 1.54) is 0 Å². The van der Waals surface area contributed by atoms with E-state index in [-0.39, 0.29) is 18.8 Å². The molecule has 0 radical (unpaired) electrons. The summed E-state index contributed by atoms with van der Waals surface area (Å²) >= 11 is 11.7. The summed E-state index contributed by atoms with van der Waals surface area (Å²) in [5.74, 6) is 1.11. The highest BCUT2D eigenvalue weighted by atomic mass is 35.5. The van der Waals surface area contributed by atoms with Crippen molar-refractivity contribution in [3.63, 3.8) is 0 Å². The normalized spacial score (nSPS) is 10.5. The second-order valence-corrected chi connectivity index (χ2v) is 5.75. The van der Waals surface area contributed by atoms with Crippen LogP contribution in [0.3, 0.4) is 0 Å². The quantitative estimate of drug-likeness (QED) is 0.651. The first-order valence-corrected chi connectivity index (χ1v) is 8.28. The van der Waals surface area contributed by atoms with Crippen molar-refractivity contribution in [1.82, 2.24) is 9.97 Å². The van der Waals surface area contributed by atoms with Crippen molar-refractivity contribution in [3.8, 4) is 0 Å². The number of anilines is 1. The molecule has 0 atom stereocenters. The number of hydrogen-bond acceptors (Lipinski definition) is 3. The highest BCUT2D eigenvalue weighted by Crippen LogP contribution is 2.21. The van der Waals surface area contributed by atoms with Crippen molar-refractivity contribution in [3.05, 3.63) is 24.0 Å². The Bertz CT molecular complexity index is 627. The summed E-state index contributed by atoms with van der Waals surface area (Å²) in [5.41, 5.74) is 2.87. The maximum absolute atomic E-state index is 10.5. The first-order chi connectivity index (χ1) is 10.6. The van der Waals surface area contributed by atoms with Gasteiger partial charge in [-0.2, -0.15) is 0 Å². The fourth-order valence-corrected chi connectivity index (χ4v) is 2.75. The number of alkyl halides is 2. The third kappa shape index (κ3) is 5.75. The molecular formula is C15H20Cl3N3O2. The summed E-state index contributed by atoms with van der Waals surface area (Å²) in [6, 6.07) is 5.99. The molecule has 0 bridgehead atoms. The number of imidazole rings is 1. The topological polar surface area (TPSA) is 69.2 Å². The Morgan fingerprint density at radius 2 is 1.96 bits per heavy atom. The predicted molar refractivity (Wildman–Crippen MR) is 97.6 cm³/mol. The molecule has 8 heteroatoms. The van der Waals surface area contributed by atoms with E-state index in [2.05, 4.69) is 14.9 Å². The molecule has 1 aromatic carbocycles. The van der Waals surface area contributed by atoms with E-state index in [0.717, 1.165) is 35.6 Å². The number of benzene rings is 1. The van der Waals surface area contributed by atoms with Gasteiger partial charge in [-0.1, -0.05) is 0 Å². The van der Waals surface area contributed by atoms with Crippen LogP contribution in [-0.4, -0.2) is 45.9 Å². The second kappa shape index (κ2) is 9.85. The lowest BCUT2D eigenvalue weighted by Crippen LogP contribution is -2.27. The molecule has 0 saturated carbocycles. The van der Waals surface area contributed by atoms with Crippen molar-refractivity contribution in [2.24, 2.45) is 0 Å². The summed E-state index contributed by atoms with van der Waals surface area (Å²) in [5, 5.41) is 8.67. The van der Waals surface area contributed by atoms with Gasteiger partial charge in [0.25, 0.3) is 0 Å². The van der Waals surface area contributed by atoms with Gasteiger partial charge < -0.3 is 15.0 Å². The molecule has 2 N–H and O–H groups in total. The molecule has 2 aromatic rings. The monoisotopic (exact) mass is 379 g/mol. The van der Waals surface area contributed by atoms with Gasteiger partial charge in [0.05, 0.1) is 11.0 Å². The van der Waals surface area contributed by atoms with Crippen LogP contribution in [0.2, 0.25) is 0 Å². The van der Waals surface area contributed by atoms with Gasteiger partial charge in [-0.25, -0.2) is 4.98 Å². The van der Waals surface area contributed by atoms with Crippen LogP contribution in [0.15, 0.2) is 18.2 Å². The average Bonchev–Trinajstić information content (AvgIpc) is 2.88. The molecule has 2 rings (SSSR count). The van der Waals surface area contributed by atoms with Gasteiger partial charge in [0.15, 0.2) is 0 Å². The number of aromatic amines is 1. The molecule has 1 aromatic heterocycles. The molecule has 0 aliphatic rings. The number of carboxylic acids is 1. The number of rotatable bonds is 9. The molecule has 0 fully saturated rings. The van der Waals surface area contributed by atoms with Crippen molar-refractivity contribution >= 4 is 58.3 Å². The molecule has 0 unspecified atom stereocenters. The van der Waals surface area contributed by atoms with E-state index >= 15 is 0 Å². The summed E-state index contributed by atoms with van der Waals surface area (Å²) < 4.78 is 0. The number of nitrogens with zero attached hydrogens (tertiary/aromatic N) is 2. The molecule has 23 heavy (non-hydrogen) atoms. The van der Waals surface area contributed by atoms with Crippen molar-refractivity contribution in [1.29, 1.82) is 0 Å². The number of aryl methyl sites for hydroxylation is 1. The van der Waals surface area contributed by atoms with Crippen LogP contribution in [0.5, 0.6) is 0 Å². The zero-order valence-corrected chi connectivity index (χ0v) is 14.9. The number of carboxylic acid groups (broad SMARTS) is 1. The van der Waals surface area contributed by atoms with Crippen LogP contribution >= 0.6 is 35.6 Å². The van der Waals surface area contributed by atoms with Crippen LogP contribution in [0.4, 0.5) is 5.69 Å². The number of aromatic nitrogens is 2. The zero-order chi connectivity index (χ0) is 15.9. The highest BCUT2D eigenvalue weighted by molar-refractivity contribution is 6.18. The first-order valence-electron chi connectivity index (χ1n) is 7.21. The third-order valence-electron chi connectivity index (χ3n) is 3.39. The highest BCUT2D eigenvalue weighted by Gasteiger charge is 2.09. The van der Waals surface area contributed by atoms with E-state index in [4.69, 9.17) is 28.3 Å². The van der Waals surface area contributed by atoms with Crippen molar-refractivity contribution < 1.29 is 9.90 Å². The Kier molecular flexibility index (Phi) is 8.52. The van der Waals surface area contributed by atoms with Crippen molar-refractivity contribution in [2.75, 3.05) is 29.7 Å². The van der Waals surface area contributed by atoms with E-state index in [1.807, 2.05) is 18.2 Å². The standard InChI is InChI=1S/C15H19Cl2N3O2.ClH/c16-6-8-20(9-7-17)11-4-5-12-13(10-11)19-14(18-12)2-1-3-15(21)22;/h4-5,10H,1-3,6-9H2,(H,18,19)(H,21,22);1H. The molecule has 128 valence electrons. The van der Waals surface area contributed by atoms with E-state index in [1.54, 1.807) is 0 Å². The van der Waals surface area contributed by atoms with Crippen LogP contribution in [-0.2, 0) is 11.2 Å². The minimum Gasteiger partial charge on any atom is -0.481 e. The third-order valence-corrected chi connectivity index (χ3v) is 3.73. The number of aliphatic carboxylic acids is 1. The minimum atomic E-state index is -0.781. The first kappa shape index (κ1) is 19.9. The zero-order valence-electron chi connectivity index (χ0n) is 12.6. The summed E-state index contributed by atoms with van der Waals surface area (Å²) in [6.45, 7) is 1.47. The fourth-order valence-electron chi connectivity index (χ4n) is 2.35. The Hall–Kier alpha value is -1.17. The number of halogens is 3. The lowest BCUT2D eigenvalue weighted by atomic mass is 10.2. The van der Waals surface area contributed by atoms with Gasteiger partial charge in [-0.3, -0.25) is 4.79 Å². The van der Waals surface area contributed by atoms with Gasteiger partial charge in [0.1, 0.15) is 5.82 Å². The molecule has 0 spiro atoms. The maximum Gasteiger partial charge on any atom is 0.303 e. The number of carbonyl (C=O) groups is 1. The molecule has 0 aliphatic heterocycles. The summed E-state index contributed by atoms with van der Waals surface area (Å²) in [4.78, 5) is 20.4. The molecular weight excluding hydrogens is 361 g/mol. The minimum absolute atomic E-state index is 0. The molecule has 0 amide bonds. The summed E-state index contributed by atoms with van der Waals surface area (Å²) in [6.07, 6.45) is 1.36. The Morgan fingerprint density at radius 1 is 1.26 bits per heavy atom. The van der Waals surface area contributed by atoms with Gasteiger partial charge in [0, 0.05) is 43.4 Å².